The number of aldehydes is 1. The standard InChI is InChI=1S/C14H13NO3/c1-17-13-5-4-11(9-16)7-14(13)18-10-12-3-2-6-15-8-12/h2-9H,10H2,1H3. The van der Waals surface area contributed by atoms with Gasteiger partial charge >= 0.3 is 0 Å². The molecule has 0 spiro atoms. The first-order valence-electron chi connectivity index (χ1n) is 5.48. The van der Waals surface area contributed by atoms with Crippen LogP contribution in [0.1, 0.15) is 15.9 Å². The van der Waals surface area contributed by atoms with Crippen LogP contribution in [-0.4, -0.2) is 18.4 Å². The predicted octanol–water partition coefficient (Wildman–Crippen LogP) is 2.48. The second kappa shape index (κ2) is 5.82. The first kappa shape index (κ1) is 12.1. The molecule has 0 fully saturated rings. The van der Waals surface area contributed by atoms with Crippen LogP contribution >= 0.6 is 0 Å². The number of carbonyl (C=O) groups is 1. The van der Waals surface area contributed by atoms with Crippen LogP contribution in [-0.2, 0) is 6.61 Å². The Balaban J connectivity index is 2.15. The third kappa shape index (κ3) is 2.85. The Morgan fingerprint density at radius 1 is 1.28 bits per heavy atom. The average molecular weight is 243 g/mol. The van der Waals surface area contributed by atoms with E-state index in [4.69, 9.17) is 9.47 Å². The van der Waals surface area contributed by atoms with Crippen LogP contribution in [0.2, 0.25) is 0 Å². The lowest BCUT2D eigenvalue weighted by Gasteiger charge is -2.10. The summed E-state index contributed by atoms with van der Waals surface area (Å²) >= 11 is 0. The SMILES string of the molecule is COc1ccc(C=O)cc1OCc1cccnc1. The predicted molar refractivity (Wildman–Crippen MR) is 67.0 cm³/mol. The molecule has 2 aromatic rings. The summed E-state index contributed by atoms with van der Waals surface area (Å²) in [5, 5.41) is 0. The zero-order valence-electron chi connectivity index (χ0n) is 10.00. The average Bonchev–Trinajstić information content (AvgIpc) is 2.45. The van der Waals surface area contributed by atoms with E-state index in [1.807, 2.05) is 12.1 Å². The van der Waals surface area contributed by atoms with Gasteiger partial charge in [-0.15, -0.1) is 0 Å². The van der Waals surface area contributed by atoms with Gasteiger partial charge < -0.3 is 9.47 Å². The van der Waals surface area contributed by atoms with Crippen molar-refractivity contribution >= 4 is 6.29 Å². The minimum absolute atomic E-state index is 0.381. The Hall–Kier alpha value is -2.36. The number of benzene rings is 1. The van der Waals surface area contributed by atoms with Crippen LogP contribution in [0.25, 0.3) is 0 Å². The number of ether oxygens (including phenoxy) is 2. The molecule has 0 saturated heterocycles. The van der Waals surface area contributed by atoms with E-state index in [2.05, 4.69) is 4.98 Å². The summed E-state index contributed by atoms with van der Waals surface area (Å²) < 4.78 is 10.8. The van der Waals surface area contributed by atoms with Crippen molar-refractivity contribution in [3.8, 4) is 11.5 Å². The molecule has 0 bridgehead atoms. The van der Waals surface area contributed by atoms with E-state index >= 15 is 0 Å². The Kier molecular flexibility index (Phi) is 3.91. The van der Waals surface area contributed by atoms with Gasteiger partial charge in [0, 0.05) is 23.5 Å². The molecule has 2 rings (SSSR count). The quantitative estimate of drug-likeness (QED) is 0.757. The molecule has 0 N–H and O–H groups in total. The monoisotopic (exact) mass is 243 g/mol. The summed E-state index contributed by atoms with van der Waals surface area (Å²) in [5.74, 6) is 1.15. The Morgan fingerprint density at radius 2 is 2.17 bits per heavy atom. The molecule has 0 saturated carbocycles. The fourth-order valence-electron chi connectivity index (χ4n) is 1.52. The van der Waals surface area contributed by atoms with E-state index in [1.54, 1.807) is 37.7 Å². The highest BCUT2D eigenvalue weighted by atomic mass is 16.5. The number of carbonyl (C=O) groups excluding carboxylic acids is 1. The van der Waals surface area contributed by atoms with Crippen LogP contribution in [0.15, 0.2) is 42.7 Å². The molecule has 1 aromatic carbocycles. The molecular formula is C14H13NO3. The molecule has 92 valence electrons. The van der Waals surface area contributed by atoms with Gasteiger partial charge in [-0.2, -0.15) is 0 Å². The maximum Gasteiger partial charge on any atom is 0.162 e. The lowest BCUT2D eigenvalue weighted by atomic mass is 10.2. The van der Waals surface area contributed by atoms with Crippen molar-refractivity contribution in [1.82, 2.24) is 4.98 Å². The van der Waals surface area contributed by atoms with Gasteiger partial charge in [0.1, 0.15) is 12.9 Å². The molecule has 0 aliphatic rings. The van der Waals surface area contributed by atoms with E-state index in [9.17, 15) is 4.79 Å². The Bertz CT molecular complexity index is 526. The second-order valence-electron chi connectivity index (χ2n) is 3.68. The zero-order chi connectivity index (χ0) is 12.8. The number of hydrogen-bond donors (Lipinski definition) is 0. The molecule has 4 heteroatoms. The smallest absolute Gasteiger partial charge is 0.162 e. The van der Waals surface area contributed by atoms with E-state index in [-0.39, 0.29) is 0 Å². The molecule has 1 aromatic heterocycles. The van der Waals surface area contributed by atoms with Gasteiger partial charge in [-0.25, -0.2) is 0 Å². The van der Waals surface area contributed by atoms with Crippen molar-refractivity contribution in [3.05, 3.63) is 53.9 Å². The van der Waals surface area contributed by atoms with Crippen molar-refractivity contribution < 1.29 is 14.3 Å². The molecular weight excluding hydrogens is 230 g/mol. The van der Waals surface area contributed by atoms with Crippen LogP contribution in [0.4, 0.5) is 0 Å². The van der Waals surface area contributed by atoms with Gasteiger partial charge in [0.25, 0.3) is 0 Å². The van der Waals surface area contributed by atoms with Gasteiger partial charge in [0.15, 0.2) is 11.5 Å². The van der Waals surface area contributed by atoms with Gasteiger partial charge in [-0.3, -0.25) is 9.78 Å². The molecule has 0 aliphatic heterocycles. The van der Waals surface area contributed by atoms with E-state index < -0.39 is 0 Å². The Labute approximate surface area is 105 Å². The van der Waals surface area contributed by atoms with Gasteiger partial charge in [-0.05, 0) is 24.3 Å². The number of aromatic nitrogens is 1. The first-order chi connectivity index (χ1) is 8.83. The summed E-state index contributed by atoms with van der Waals surface area (Å²) in [5.41, 5.74) is 1.51. The molecule has 0 radical (unpaired) electrons. The van der Waals surface area contributed by atoms with Gasteiger partial charge in [0.2, 0.25) is 0 Å². The second-order valence-corrected chi connectivity index (χ2v) is 3.68. The lowest BCUT2D eigenvalue weighted by molar-refractivity contribution is 0.112. The van der Waals surface area contributed by atoms with E-state index in [1.165, 1.54) is 0 Å². The number of pyridine rings is 1. The van der Waals surface area contributed by atoms with E-state index in [0.29, 0.717) is 23.7 Å². The molecule has 1 heterocycles. The number of hydrogen-bond acceptors (Lipinski definition) is 4. The molecule has 0 aliphatic carbocycles. The molecule has 4 nitrogen and oxygen atoms in total. The molecule has 18 heavy (non-hydrogen) atoms. The van der Waals surface area contributed by atoms with Crippen molar-refractivity contribution in [1.29, 1.82) is 0 Å². The van der Waals surface area contributed by atoms with Crippen molar-refractivity contribution in [2.75, 3.05) is 7.11 Å². The summed E-state index contributed by atoms with van der Waals surface area (Å²) in [6, 6.07) is 8.81. The van der Waals surface area contributed by atoms with Crippen molar-refractivity contribution in [3.63, 3.8) is 0 Å². The fraction of sp³-hybridized carbons (Fsp3) is 0.143. The van der Waals surface area contributed by atoms with Crippen LogP contribution in [0.3, 0.4) is 0 Å². The van der Waals surface area contributed by atoms with Gasteiger partial charge in [-0.1, -0.05) is 6.07 Å². The molecule has 0 atom stereocenters. The highest BCUT2D eigenvalue weighted by Gasteiger charge is 2.05. The van der Waals surface area contributed by atoms with Gasteiger partial charge in [0.05, 0.1) is 7.11 Å². The Morgan fingerprint density at radius 3 is 2.83 bits per heavy atom. The normalized spacial score (nSPS) is 9.83. The van der Waals surface area contributed by atoms with Crippen molar-refractivity contribution in [2.45, 2.75) is 6.61 Å². The lowest BCUT2D eigenvalue weighted by Crippen LogP contribution is -1.98. The minimum Gasteiger partial charge on any atom is -0.493 e. The number of nitrogens with zero attached hydrogens (tertiary/aromatic N) is 1. The highest BCUT2D eigenvalue weighted by molar-refractivity contribution is 5.76. The third-order valence-electron chi connectivity index (χ3n) is 2.44. The topological polar surface area (TPSA) is 48.4 Å². The van der Waals surface area contributed by atoms with E-state index in [0.717, 1.165) is 11.8 Å². The fourth-order valence-corrected chi connectivity index (χ4v) is 1.52. The zero-order valence-corrected chi connectivity index (χ0v) is 10.00. The van der Waals surface area contributed by atoms with Crippen LogP contribution < -0.4 is 9.47 Å². The number of methoxy groups -OCH3 is 1. The highest BCUT2D eigenvalue weighted by Crippen LogP contribution is 2.28. The maximum atomic E-state index is 10.7. The first-order valence-corrected chi connectivity index (χ1v) is 5.48. The summed E-state index contributed by atoms with van der Waals surface area (Å²) in [6.07, 6.45) is 4.21. The van der Waals surface area contributed by atoms with Crippen molar-refractivity contribution in [2.24, 2.45) is 0 Å². The summed E-state index contributed by atoms with van der Waals surface area (Å²) in [7, 11) is 1.56. The third-order valence-corrected chi connectivity index (χ3v) is 2.44. The molecule has 0 amide bonds. The minimum atomic E-state index is 0.381. The largest absolute Gasteiger partial charge is 0.493 e. The molecule has 0 unspecified atom stereocenters. The summed E-state index contributed by atoms with van der Waals surface area (Å²) in [6.45, 7) is 0.381. The van der Waals surface area contributed by atoms with Crippen LogP contribution in [0.5, 0.6) is 11.5 Å². The van der Waals surface area contributed by atoms with Crippen LogP contribution in [0, 0.1) is 0 Å². The number of rotatable bonds is 5. The maximum absolute atomic E-state index is 10.7. The summed E-state index contributed by atoms with van der Waals surface area (Å²) in [4.78, 5) is 14.7.